The van der Waals surface area contributed by atoms with Gasteiger partial charge in [-0.05, 0) is 26.2 Å². The van der Waals surface area contributed by atoms with Gasteiger partial charge in [0, 0.05) is 18.7 Å². The molecule has 0 fully saturated rings. The molecule has 0 spiro atoms. The highest BCUT2D eigenvalue weighted by Gasteiger charge is 2.02. The first-order valence-corrected chi connectivity index (χ1v) is 5.63. The molecule has 0 amide bonds. The van der Waals surface area contributed by atoms with Crippen molar-refractivity contribution in [2.45, 2.75) is 40.2 Å². The maximum absolute atomic E-state index is 10.9. The minimum Gasteiger partial charge on any atom is -0.463 e. The van der Waals surface area contributed by atoms with Gasteiger partial charge in [-0.25, -0.2) is 4.79 Å². The van der Waals surface area contributed by atoms with Gasteiger partial charge in [-0.15, -0.1) is 0 Å². The first-order valence-electron chi connectivity index (χ1n) is 5.63. The van der Waals surface area contributed by atoms with Crippen molar-refractivity contribution in [3.8, 4) is 0 Å². The van der Waals surface area contributed by atoms with Gasteiger partial charge >= 0.3 is 5.97 Å². The van der Waals surface area contributed by atoms with Gasteiger partial charge in [0.1, 0.15) is 0 Å². The van der Waals surface area contributed by atoms with Crippen LogP contribution in [0.4, 0.5) is 0 Å². The Bertz CT molecular complexity index is 200. The van der Waals surface area contributed by atoms with E-state index in [0.29, 0.717) is 25.1 Å². The number of nitrogens with one attached hydrogen (secondary N) is 1. The number of esters is 1. The molecule has 1 unspecified atom stereocenters. The Labute approximate surface area is 92.9 Å². The minimum absolute atomic E-state index is 0.268. The highest BCUT2D eigenvalue weighted by atomic mass is 16.5. The van der Waals surface area contributed by atoms with Crippen LogP contribution in [0.1, 0.15) is 34.1 Å². The van der Waals surface area contributed by atoms with Crippen LogP contribution in [0.3, 0.4) is 0 Å². The van der Waals surface area contributed by atoms with E-state index in [1.165, 1.54) is 6.08 Å². The SMILES string of the molecule is CCOC(=O)/C=C/CNC(C)CC(C)C. The molecule has 0 saturated carbocycles. The molecule has 88 valence electrons. The van der Waals surface area contributed by atoms with E-state index < -0.39 is 0 Å². The second-order valence-electron chi connectivity index (χ2n) is 4.09. The van der Waals surface area contributed by atoms with Crippen molar-refractivity contribution in [1.82, 2.24) is 5.32 Å². The molecule has 0 rings (SSSR count). The highest BCUT2D eigenvalue weighted by molar-refractivity contribution is 5.81. The van der Waals surface area contributed by atoms with Crippen molar-refractivity contribution >= 4 is 5.97 Å². The summed E-state index contributed by atoms with van der Waals surface area (Å²) in [4.78, 5) is 10.9. The fourth-order valence-electron chi connectivity index (χ4n) is 1.41. The molecule has 15 heavy (non-hydrogen) atoms. The lowest BCUT2D eigenvalue weighted by Crippen LogP contribution is -2.27. The third-order valence-corrected chi connectivity index (χ3v) is 1.95. The van der Waals surface area contributed by atoms with Crippen LogP contribution in [0.2, 0.25) is 0 Å². The number of carbonyl (C=O) groups excluding carboxylic acids is 1. The van der Waals surface area contributed by atoms with Gasteiger partial charge in [0.2, 0.25) is 0 Å². The summed E-state index contributed by atoms with van der Waals surface area (Å²) in [5.41, 5.74) is 0. The van der Waals surface area contributed by atoms with Crippen molar-refractivity contribution in [3.05, 3.63) is 12.2 Å². The van der Waals surface area contributed by atoms with Crippen LogP contribution in [-0.2, 0) is 9.53 Å². The second-order valence-corrected chi connectivity index (χ2v) is 4.09. The first-order chi connectivity index (χ1) is 7.06. The maximum atomic E-state index is 10.9. The van der Waals surface area contributed by atoms with Crippen molar-refractivity contribution in [2.75, 3.05) is 13.2 Å². The van der Waals surface area contributed by atoms with Gasteiger partial charge in [0.25, 0.3) is 0 Å². The monoisotopic (exact) mass is 213 g/mol. The summed E-state index contributed by atoms with van der Waals surface area (Å²) in [5, 5.41) is 3.32. The molecule has 1 atom stereocenters. The summed E-state index contributed by atoms with van der Waals surface area (Å²) in [6.45, 7) is 9.50. The van der Waals surface area contributed by atoms with E-state index in [4.69, 9.17) is 4.74 Å². The van der Waals surface area contributed by atoms with Crippen molar-refractivity contribution < 1.29 is 9.53 Å². The molecule has 1 N–H and O–H groups in total. The molecule has 3 heteroatoms. The molecule has 0 aliphatic heterocycles. The van der Waals surface area contributed by atoms with E-state index in [-0.39, 0.29) is 5.97 Å². The van der Waals surface area contributed by atoms with Crippen molar-refractivity contribution in [3.63, 3.8) is 0 Å². The minimum atomic E-state index is -0.268. The lowest BCUT2D eigenvalue weighted by Gasteiger charge is -2.14. The molecule has 0 bridgehead atoms. The Morgan fingerprint density at radius 3 is 2.60 bits per heavy atom. The maximum Gasteiger partial charge on any atom is 0.330 e. The molecular weight excluding hydrogens is 190 g/mol. The topological polar surface area (TPSA) is 38.3 Å². The van der Waals surface area contributed by atoms with Gasteiger partial charge in [0.05, 0.1) is 6.61 Å². The largest absolute Gasteiger partial charge is 0.463 e. The normalized spacial score (nSPS) is 13.4. The molecule has 3 nitrogen and oxygen atoms in total. The molecule has 0 aromatic heterocycles. The Morgan fingerprint density at radius 1 is 1.40 bits per heavy atom. The van der Waals surface area contributed by atoms with Gasteiger partial charge in [-0.2, -0.15) is 0 Å². The smallest absolute Gasteiger partial charge is 0.330 e. The summed E-state index contributed by atoms with van der Waals surface area (Å²) in [7, 11) is 0. The predicted octanol–water partition coefficient (Wildman–Crippen LogP) is 2.13. The molecule has 0 aliphatic carbocycles. The molecular formula is C12H23NO2. The number of hydrogen-bond acceptors (Lipinski definition) is 3. The Morgan fingerprint density at radius 2 is 2.07 bits per heavy atom. The summed E-state index contributed by atoms with van der Waals surface area (Å²) in [6.07, 6.45) is 4.42. The summed E-state index contributed by atoms with van der Waals surface area (Å²) >= 11 is 0. The number of rotatable bonds is 7. The van der Waals surface area contributed by atoms with Crippen LogP contribution in [-0.4, -0.2) is 25.2 Å². The molecule has 0 aliphatic rings. The van der Waals surface area contributed by atoms with Crippen LogP contribution < -0.4 is 5.32 Å². The van der Waals surface area contributed by atoms with Crippen LogP contribution in [0.25, 0.3) is 0 Å². The van der Waals surface area contributed by atoms with Crippen molar-refractivity contribution in [2.24, 2.45) is 5.92 Å². The van der Waals surface area contributed by atoms with Gasteiger partial charge in [-0.1, -0.05) is 19.9 Å². The van der Waals surface area contributed by atoms with Gasteiger partial charge in [0.15, 0.2) is 0 Å². The average Bonchev–Trinajstić information content (AvgIpc) is 2.12. The number of ether oxygens (including phenoxy) is 1. The zero-order chi connectivity index (χ0) is 11.7. The standard InChI is InChI=1S/C12H23NO2/c1-5-15-12(14)7-6-8-13-11(4)9-10(2)3/h6-7,10-11,13H,5,8-9H2,1-4H3/b7-6+. The quantitative estimate of drug-likeness (QED) is 0.520. The average molecular weight is 213 g/mol. The molecule has 0 aromatic carbocycles. The first kappa shape index (κ1) is 14.2. The fraction of sp³-hybridized carbons (Fsp3) is 0.750. The predicted molar refractivity (Wildman–Crippen MR) is 62.7 cm³/mol. The highest BCUT2D eigenvalue weighted by Crippen LogP contribution is 2.02. The van der Waals surface area contributed by atoms with Crippen LogP contribution >= 0.6 is 0 Å². The zero-order valence-corrected chi connectivity index (χ0v) is 10.2. The molecule has 0 aromatic rings. The van der Waals surface area contributed by atoms with E-state index in [9.17, 15) is 4.79 Å². The molecule has 0 radical (unpaired) electrons. The molecule has 0 heterocycles. The second kappa shape index (κ2) is 8.48. The summed E-state index contributed by atoms with van der Waals surface area (Å²) < 4.78 is 4.76. The molecule has 0 saturated heterocycles. The van der Waals surface area contributed by atoms with Crippen LogP contribution in [0.15, 0.2) is 12.2 Å². The van der Waals surface area contributed by atoms with E-state index >= 15 is 0 Å². The van der Waals surface area contributed by atoms with E-state index in [1.807, 2.05) is 0 Å². The lowest BCUT2D eigenvalue weighted by atomic mass is 10.1. The summed E-state index contributed by atoms with van der Waals surface area (Å²) in [5.74, 6) is 0.428. The Hall–Kier alpha value is -0.830. The lowest BCUT2D eigenvalue weighted by molar-refractivity contribution is -0.137. The van der Waals surface area contributed by atoms with E-state index in [2.05, 4.69) is 26.1 Å². The summed E-state index contributed by atoms with van der Waals surface area (Å²) in [6, 6.07) is 0.483. The van der Waals surface area contributed by atoms with Crippen LogP contribution in [0, 0.1) is 5.92 Å². The van der Waals surface area contributed by atoms with Crippen molar-refractivity contribution in [1.29, 1.82) is 0 Å². The van der Waals surface area contributed by atoms with Gasteiger partial charge < -0.3 is 10.1 Å². The zero-order valence-electron chi connectivity index (χ0n) is 10.2. The number of hydrogen-bond donors (Lipinski definition) is 1. The van der Waals surface area contributed by atoms with E-state index in [1.54, 1.807) is 13.0 Å². The third kappa shape index (κ3) is 9.47. The third-order valence-electron chi connectivity index (χ3n) is 1.95. The Balaban J connectivity index is 3.56. The Kier molecular flexibility index (Phi) is 8.01. The number of carbonyl (C=O) groups is 1. The van der Waals surface area contributed by atoms with Gasteiger partial charge in [-0.3, -0.25) is 0 Å². The van der Waals surface area contributed by atoms with E-state index in [0.717, 1.165) is 6.42 Å². The van der Waals surface area contributed by atoms with Crippen LogP contribution in [0.5, 0.6) is 0 Å². The fourth-order valence-corrected chi connectivity index (χ4v) is 1.41.